The number of nitrogens with zero attached hydrogens (tertiary/aromatic N) is 1. The van der Waals surface area contributed by atoms with Crippen molar-refractivity contribution in [3.63, 3.8) is 0 Å². The lowest BCUT2D eigenvalue weighted by Gasteiger charge is -2.29. The Morgan fingerprint density at radius 1 is 1.11 bits per heavy atom. The van der Waals surface area contributed by atoms with Crippen LogP contribution in [0.15, 0.2) is 18.2 Å². The van der Waals surface area contributed by atoms with Gasteiger partial charge in [-0.15, -0.1) is 0 Å². The minimum absolute atomic E-state index is 0.391. The van der Waals surface area contributed by atoms with E-state index in [2.05, 4.69) is 57.7 Å². The van der Waals surface area contributed by atoms with Gasteiger partial charge in [0.15, 0.2) is 0 Å². The Hall–Kier alpha value is -0.860. The van der Waals surface area contributed by atoms with Crippen molar-refractivity contribution in [3.8, 4) is 0 Å². The predicted molar refractivity (Wildman–Crippen MR) is 77.9 cm³/mol. The average Bonchev–Trinajstić information content (AvgIpc) is 2.33. The van der Waals surface area contributed by atoms with Crippen LogP contribution >= 0.6 is 0 Å². The van der Waals surface area contributed by atoms with Crippen LogP contribution in [0.2, 0.25) is 0 Å². The Morgan fingerprint density at radius 2 is 1.67 bits per heavy atom. The first kappa shape index (κ1) is 15.2. The van der Waals surface area contributed by atoms with Crippen molar-refractivity contribution >= 4 is 0 Å². The SMILES string of the molecule is CCC(C)N(CC)CC(O)c1cc(C)cc(C)c1. The molecule has 102 valence electrons. The second-order valence-corrected chi connectivity index (χ2v) is 5.28. The zero-order chi connectivity index (χ0) is 13.7. The second-order valence-electron chi connectivity index (χ2n) is 5.28. The first-order valence-electron chi connectivity index (χ1n) is 6.98. The third-order valence-corrected chi connectivity index (χ3v) is 3.66. The highest BCUT2D eigenvalue weighted by Crippen LogP contribution is 2.19. The fourth-order valence-electron chi connectivity index (χ4n) is 2.41. The fourth-order valence-corrected chi connectivity index (χ4v) is 2.41. The summed E-state index contributed by atoms with van der Waals surface area (Å²) >= 11 is 0. The molecule has 1 rings (SSSR count). The second kappa shape index (κ2) is 6.91. The first-order valence-corrected chi connectivity index (χ1v) is 6.98. The van der Waals surface area contributed by atoms with Crippen molar-refractivity contribution in [2.75, 3.05) is 13.1 Å². The number of rotatable bonds is 6. The summed E-state index contributed by atoms with van der Waals surface area (Å²) < 4.78 is 0. The van der Waals surface area contributed by atoms with Gasteiger partial charge in [0, 0.05) is 12.6 Å². The van der Waals surface area contributed by atoms with Gasteiger partial charge in [-0.1, -0.05) is 43.2 Å². The largest absolute Gasteiger partial charge is 0.387 e. The molecule has 0 heterocycles. The molecule has 18 heavy (non-hydrogen) atoms. The molecule has 0 spiro atoms. The van der Waals surface area contributed by atoms with Crippen LogP contribution in [0.1, 0.15) is 50.0 Å². The summed E-state index contributed by atoms with van der Waals surface area (Å²) in [6, 6.07) is 6.84. The maximum absolute atomic E-state index is 10.4. The lowest BCUT2D eigenvalue weighted by Crippen LogP contribution is -2.36. The lowest BCUT2D eigenvalue weighted by molar-refractivity contribution is 0.0934. The van der Waals surface area contributed by atoms with Gasteiger partial charge in [0.1, 0.15) is 0 Å². The fraction of sp³-hybridized carbons (Fsp3) is 0.625. The van der Waals surface area contributed by atoms with Crippen LogP contribution in [0.25, 0.3) is 0 Å². The van der Waals surface area contributed by atoms with E-state index >= 15 is 0 Å². The van der Waals surface area contributed by atoms with Gasteiger partial charge in [-0.3, -0.25) is 4.90 Å². The molecule has 0 aliphatic rings. The van der Waals surface area contributed by atoms with E-state index in [0.29, 0.717) is 12.6 Å². The van der Waals surface area contributed by atoms with Crippen LogP contribution < -0.4 is 0 Å². The van der Waals surface area contributed by atoms with Gasteiger partial charge in [-0.05, 0) is 39.3 Å². The van der Waals surface area contributed by atoms with E-state index in [1.54, 1.807) is 0 Å². The molecule has 1 aromatic rings. The number of aryl methyl sites for hydroxylation is 2. The van der Waals surface area contributed by atoms with Crippen molar-refractivity contribution < 1.29 is 5.11 Å². The van der Waals surface area contributed by atoms with E-state index in [1.807, 2.05) is 0 Å². The molecular formula is C16H27NO. The Morgan fingerprint density at radius 3 is 2.11 bits per heavy atom. The number of aliphatic hydroxyl groups excluding tert-OH is 1. The summed E-state index contributed by atoms with van der Waals surface area (Å²) in [5.74, 6) is 0. The highest BCUT2D eigenvalue weighted by atomic mass is 16.3. The molecule has 2 atom stereocenters. The van der Waals surface area contributed by atoms with E-state index in [-0.39, 0.29) is 0 Å². The van der Waals surface area contributed by atoms with E-state index in [1.165, 1.54) is 11.1 Å². The van der Waals surface area contributed by atoms with Crippen molar-refractivity contribution in [2.45, 2.75) is 53.2 Å². The number of hydrogen-bond donors (Lipinski definition) is 1. The molecule has 0 bridgehead atoms. The molecule has 0 aromatic heterocycles. The van der Waals surface area contributed by atoms with Crippen LogP contribution in [-0.4, -0.2) is 29.1 Å². The van der Waals surface area contributed by atoms with E-state index < -0.39 is 6.10 Å². The number of hydrogen-bond acceptors (Lipinski definition) is 2. The summed E-state index contributed by atoms with van der Waals surface area (Å²) in [4.78, 5) is 2.34. The molecule has 1 N–H and O–H groups in total. The van der Waals surface area contributed by atoms with Crippen LogP contribution in [0, 0.1) is 13.8 Å². The zero-order valence-electron chi connectivity index (χ0n) is 12.4. The van der Waals surface area contributed by atoms with Gasteiger partial charge in [0.25, 0.3) is 0 Å². The van der Waals surface area contributed by atoms with Crippen LogP contribution in [-0.2, 0) is 0 Å². The minimum Gasteiger partial charge on any atom is -0.387 e. The van der Waals surface area contributed by atoms with Gasteiger partial charge < -0.3 is 5.11 Å². The third-order valence-electron chi connectivity index (χ3n) is 3.66. The zero-order valence-corrected chi connectivity index (χ0v) is 12.4. The molecule has 1 aromatic carbocycles. The predicted octanol–water partition coefficient (Wildman–Crippen LogP) is 3.46. The summed E-state index contributed by atoms with van der Waals surface area (Å²) in [6.45, 7) is 12.4. The maximum atomic E-state index is 10.4. The molecule has 2 heteroatoms. The van der Waals surface area contributed by atoms with Gasteiger partial charge in [0.2, 0.25) is 0 Å². The maximum Gasteiger partial charge on any atom is 0.0917 e. The lowest BCUT2D eigenvalue weighted by atomic mass is 10.0. The van der Waals surface area contributed by atoms with Crippen molar-refractivity contribution in [1.29, 1.82) is 0 Å². The standard InChI is InChI=1S/C16H27NO/c1-6-14(5)17(7-2)11-16(18)15-9-12(3)8-13(4)10-15/h8-10,14,16,18H,6-7,11H2,1-5H3. The van der Waals surface area contributed by atoms with Gasteiger partial charge in [-0.25, -0.2) is 0 Å². The minimum atomic E-state index is -0.391. The monoisotopic (exact) mass is 249 g/mol. The Balaban J connectivity index is 2.77. The average molecular weight is 249 g/mol. The molecule has 0 fully saturated rings. The summed E-state index contributed by atoms with van der Waals surface area (Å²) in [6.07, 6.45) is 0.727. The normalized spacial score (nSPS) is 14.8. The molecule has 2 unspecified atom stereocenters. The van der Waals surface area contributed by atoms with E-state index in [9.17, 15) is 5.11 Å². The number of likely N-dealkylation sites (N-methyl/N-ethyl adjacent to an activating group) is 1. The van der Waals surface area contributed by atoms with Gasteiger partial charge >= 0.3 is 0 Å². The van der Waals surface area contributed by atoms with Crippen LogP contribution in [0.4, 0.5) is 0 Å². The summed E-state index contributed by atoms with van der Waals surface area (Å²) in [5.41, 5.74) is 3.47. The van der Waals surface area contributed by atoms with E-state index in [4.69, 9.17) is 0 Å². The van der Waals surface area contributed by atoms with Crippen LogP contribution in [0.5, 0.6) is 0 Å². The summed E-state index contributed by atoms with van der Waals surface area (Å²) in [5, 5.41) is 10.4. The molecule has 0 radical (unpaired) electrons. The van der Waals surface area contributed by atoms with E-state index in [0.717, 1.165) is 18.5 Å². The molecule has 0 saturated heterocycles. The Bertz CT molecular complexity index is 355. The van der Waals surface area contributed by atoms with Crippen molar-refractivity contribution in [2.24, 2.45) is 0 Å². The third kappa shape index (κ3) is 4.11. The number of benzene rings is 1. The molecule has 0 amide bonds. The molecule has 0 aliphatic carbocycles. The summed E-state index contributed by atoms with van der Waals surface area (Å²) in [7, 11) is 0. The Labute approximate surface area is 112 Å². The van der Waals surface area contributed by atoms with Crippen molar-refractivity contribution in [3.05, 3.63) is 34.9 Å². The van der Waals surface area contributed by atoms with Gasteiger partial charge in [-0.2, -0.15) is 0 Å². The smallest absolute Gasteiger partial charge is 0.0917 e. The number of aliphatic hydroxyl groups is 1. The first-order chi connectivity index (χ1) is 8.47. The van der Waals surface area contributed by atoms with Gasteiger partial charge in [0.05, 0.1) is 6.10 Å². The molecule has 0 aliphatic heterocycles. The molecular weight excluding hydrogens is 222 g/mol. The highest BCUT2D eigenvalue weighted by Gasteiger charge is 2.16. The quantitative estimate of drug-likeness (QED) is 0.834. The van der Waals surface area contributed by atoms with Crippen molar-refractivity contribution in [1.82, 2.24) is 4.90 Å². The molecule has 2 nitrogen and oxygen atoms in total. The molecule has 0 saturated carbocycles. The van der Waals surface area contributed by atoms with Crippen LogP contribution in [0.3, 0.4) is 0 Å². The Kier molecular flexibility index (Phi) is 5.83. The highest BCUT2D eigenvalue weighted by molar-refractivity contribution is 5.30. The topological polar surface area (TPSA) is 23.5 Å².